The summed E-state index contributed by atoms with van der Waals surface area (Å²) in [5.41, 5.74) is 0. The van der Waals surface area contributed by atoms with Gasteiger partial charge in [0.15, 0.2) is 0 Å². The molecule has 5 nitrogen and oxygen atoms in total. The van der Waals surface area contributed by atoms with E-state index >= 15 is 0 Å². The van der Waals surface area contributed by atoms with Crippen molar-refractivity contribution in [2.45, 2.75) is 39.0 Å². The lowest BCUT2D eigenvalue weighted by atomic mass is 10.3. The maximum Gasteiger partial charge on any atom is 0.215 e. The van der Waals surface area contributed by atoms with E-state index in [0.717, 1.165) is 13.1 Å². The summed E-state index contributed by atoms with van der Waals surface area (Å²) in [4.78, 5) is 2.07. The Morgan fingerprint density at radius 2 is 1.82 bits per heavy atom. The molecule has 0 aromatic carbocycles. The SMILES string of the molecule is CCN(C)CCNS(=O)(=O)C(C)CNC(C)C. The number of nitrogens with one attached hydrogen (secondary N) is 2. The monoisotopic (exact) mass is 265 g/mol. The Labute approximate surface area is 106 Å². The normalized spacial score (nSPS) is 14.5. The van der Waals surface area contributed by atoms with Gasteiger partial charge in [0.2, 0.25) is 10.0 Å². The maximum atomic E-state index is 11.8. The van der Waals surface area contributed by atoms with E-state index in [1.165, 1.54) is 0 Å². The van der Waals surface area contributed by atoms with Crippen molar-refractivity contribution in [1.29, 1.82) is 0 Å². The third-order valence-corrected chi connectivity index (χ3v) is 4.51. The number of hydrogen-bond acceptors (Lipinski definition) is 4. The Balaban J connectivity index is 4.01. The van der Waals surface area contributed by atoms with Crippen LogP contribution in [0.15, 0.2) is 0 Å². The van der Waals surface area contributed by atoms with Crippen molar-refractivity contribution in [2.24, 2.45) is 0 Å². The zero-order valence-electron chi connectivity index (χ0n) is 11.7. The van der Waals surface area contributed by atoms with E-state index in [2.05, 4.69) is 14.9 Å². The number of nitrogens with zero attached hydrogens (tertiary/aromatic N) is 1. The molecule has 17 heavy (non-hydrogen) atoms. The predicted molar refractivity (Wildman–Crippen MR) is 72.7 cm³/mol. The van der Waals surface area contributed by atoms with E-state index in [4.69, 9.17) is 0 Å². The Morgan fingerprint density at radius 1 is 1.24 bits per heavy atom. The lowest BCUT2D eigenvalue weighted by molar-refractivity contribution is 0.357. The fourth-order valence-corrected chi connectivity index (χ4v) is 2.17. The first-order valence-corrected chi connectivity index (χ1v) is 7.74. The maximum absolute atomic E-state index is 11.8. The van der Waals surface area contributed by atoms with Crippen LogP contribution in [0.4, 0.5) is 0 Å². The number of rotatable bonds is 9. The van der Waals surface area contributed by atoms with Crippen LogP contribution in [0.25, 0.3) is 0 Å². The highest BCUT2D eigenvalue weighted by atomic mass is 32.2. The molecule has 0 saturated carbocycles. The molecule has 0 aromatic heterocycles. The minimum atomic E-state index is -3.20. The molecule has 0 aromatic rings. The van der Waals surface area contributed by atoms with Gasteiger partial charge in [-0.05, 0) is 20.5 Å². The topological polar surface area (TPSA) is 61.4 Å². The molecular weight excluding hydrogens is 238 g/mol. The average molecular weight is 265 g/mol. The molecule has 0 heterocycles. The second-order valence-electron chi connectivity index (χ2n) is 4.71. The minimum Gasteiger partial charge on any atom is -0.313 e. The Kier molecular flexibility index (Phi) is 7.94. The van der Waals surface area contributed by atoms with Gasteiger partial charge in [-0.3, -0.25) is 0 Å². The van der Waals surface area contributed by atoms with Gasteiger partial charge < -0.3 is 10.2 Å². The molecule has 0 aliphatic rings. The first-order valence-electron chi connectivity index (χ1n) is 6.20. The molecule has 6 heteroatoms. The zero-order chi connectivity index (χ0) is 13.5. The summed E-state index contributed by atoms with van der Waals surface area (Å²) in [6, 6.07) is 0.305. The van der Waals surface area contributed by atoms with E-state index < -0.39 is 15.3 Å². The van der Waals surface area contributed by atoms with Crippen molar-refractivity contribution in [2.75, 3.05) is 33.2 Å². The summed E-state index contributed by atoms with van der Waals surface area (Å²) in [6.45, 7) is 10.4. The van der Waals surface area contributed by atoms with Crippen molar-refractivity contribution in [3.8, 4) is 0 Å². The summed E-state index contributed by atoms with van der Waals surface area (Å²) in [7, 11) is -1.23. The molecule has 104 valence electrons. The van der Waals surface area contributed by atoms with Gasteiger partial charge in [0.25, 0.3) is 0 Å². The smallest absolute Gasteiger partial charge is 0.215 e. The van der Waals surface area contributed by atoms with Crippen LogP contribution < -0.4 is 10.0 Å². The van der Waals surface area contributed by atoms with E-state index in [1.54, 1.807) is 6.92 Å². The summed E-state index contributed by atoms with van der Waals surface area (Å²) >= 11 is 0. The molecule has 0 rings (SSSR count). The molecule has 0 saturated heterocycles. The zero-order valence-corrected chi connectivity index (χ0v) is 12.5. The minimum absolute atomic E-state index is 0.305. The second-order valence-corrected chi connectivity index (χ2v) is 6.89. The summed E-state index contributed by atoms with van der Waals surface area (Å²) in [5.74, 6) is 0. The van der Waals surface area contributed by atoms with E-state index in [0.29, 0.717) is 19.1 Å². The van der Waals surface area contributed by atoms with Crippen molar-refractivity contribution < 1.29 is 8.42 Å². The number of hydrogen-bond donors (Lipinski definition) is 2. The lowest BCUT2D eigenvalue weighted by Gasteiger charge is -2.18. The highest BCUT2D eigenvalue weighted by Crippen LogP contribution is 1.97. The van der Waals surface area contributed by atoms with Crippen LogP contribution in [0.5, 0.6) is 0 Å². The fraction of sp³-hybridized carbons (Fsp3) is 1.00. The molecule has 0 fully saturated rings. The first-order chi connectivity index (χ1) is 7.79. The number of sulfonamides is 1. The predicted octanol–water partition coefficient (Wildman–Crippen LogP) is 0.244. The van der Waals surface area contributed by atoms with E-state index in [-0.39, 0.29) is 0 Å². The van der Waals surface area contributed by atoms with Crippen molar-refractivity contribution in [1.82, 2.24) is 14.9 Å². The van der Waals surface area contributed by atoms with Crippen molar-refractivity contribution in [3.63, 3.8) is 0 Å². The summed E-state index contributed by atoms with van der Waals surface area (Å²) in [6.07, 6.45) is 0. The quantitative estimate of drug-likeness (QED) is 0.627. The number of likely N-dealkylation sites (N-methyl/N-ethyl adjacent to an activating group) is 1. The summed E-state index contributed by atoms with van der Waals surface area (Å²) < 4.78 is 26.3. The third-order valence-electron chi connectivity index (χ3n) is 2.68. The van der Waals surface area contributed by atoms with Crippen LogP contribution in [0, 0.1) is 0 Å². The van der Waals surface area contributed by atoms with Crippen LogP contribution in [0.1, 0.15) is 27.7 Å². The molecule has 0 spiro atoms. The average Bonchev–Trinajstić information content (AvgIpc) is 2.25. The van der Waals surface area contributed by atoms with Crippen LogP contribution in [0.2, 0.25) is 0 Å². The van der Waals surface area contributed by atoms with Crippen LogP contribution in [-0.4, -0.2) is 57.8 Å². The first kappa shape index (κ1) is 16.8. The molecular formula is C11H27N3O2S. The molecule has 0 aliphatic heterocycles. The molecule has 1 unspecified atom stereocenters. The fourth-order valence-electron chi connectivity index (χ4n) is 1.19. The van der Waals surface area contributed by atoms with Crippen LogP contribution in [0.3, 0.4) is 0 Å². The van der Waals surface area contributed by atoms with Gasteiger partial charge in [-0.2, -0.15) is 0 Å². The largest absolute Gasteiger partial charge is 0.313 e. The molecule has 0 radical (unpaired) electrons. The Hall–Kier alpha value is -0.170. The standard InChI is InChI=1S/C11H27N3O2S/c1-6-14(5)8-7-13-17(15,16)11(4)9-12-10(2)3/h10-13H,6-9H2,1-5H3. The van der Waals surface area contributed by atoms with Gasteiger partial charge in [-0.15, -0.1) is 0 Å². The molecule has 2 N–H and O–H groups in total. The highest BCUT2D eigenvalue weighted by molar-refractivity contribution is 7.90. The van der Waals surface area contributed by atoms with Gasteiger partial charge in [0, 0.05) is 25.7 Å². The Morgan fingerprint density at radius 3 is 2.29 bits per heavy atom. The molecule has 0 aliphatic carbocycles. The van der Waals surface area contributed by atoms with Crippen LogP contribution >= 0.6 is 0 Å². The molecule has 0 bridgehead atoms. The van der Waals surface area contributed by atoms with E-state index in [1.807, 2.05) is 27.8 Å². The third kappa shape index (κ3) is 7.70. The highest BCUT2D eigenvalue weighted by Gasteiger charge is 2.19. The van der Waals surface area contributed by atoms with Gasteiger partial charge in [0.1, 0.15) is 0 Å². The van der Waals surface area contributed by atoms with Crippen molar-refractivity contribution >= 4 is 10.0 Å². The lowest BCUT2D eigenvalue weighted by Crippen LogP contribution is -2.42. The van der Waals surface area contributed by atoms with Gasteiger partial charge in [-0.1, -0.05) is 20.8 Å². The van der Waals surface area contributed by atoms with Gasteiger partial charge >= 0.3 is 0 Å². The molecule has 1 atom stereocenters. The summed E-state index contributed by atoms with van der Waals surface area (Å²) in [5, 5.41) is 2.73. The molecule has 0 amide bonds. The van der Waals surface area contributed by atoms with Crippen molar-refractivity contribution in [3.05, 3.63) is 0 Å². The van der Waals surface area contributed by atoms with Gasteiger partial charge in [-0.25, -0.2) is 13.1 Å². The van der Waals surface area contributed by atoms with E-state index in [9.17, 15) is 8.42 Å². The van der Waals surface area contributed by atoms with Crippen LogP contribution in [-0.2, 0) is 10.0 Å². The van der Waals surface area contributed by atoms with Gasteiger partial charge in [0.05, 0.1) is 5.25 Å². The second kappa shape index (κ2) is 8.02. The Bertz CT molecular complexity index is 291.